The maximum atomic E-state index is 13.7. The van der Waals surface area contributed by atoms with Crippen molar-refractivity contribution in [3.8, 4) is 0 Å². The maximum Gasteiger partial charge on any atom is 0.250 e. The van der Waals surface area contributed by atoms with Gasteiger partial charge in [-0.1, -0.05) is 42.5 Å². The zero-order valence-electron chi connectivity index (χ0n) is 18.4. The minimum Gasteiger partial charge on any atom is -0.392 e. The van der Waals surface area contributed by atoms with E-state index in [4.69, 9.17) is 0 Å². The zero-order chi connectivity index (χ0) is 22.8. The normalized spacial score (nSPS) is 29.4. The molecule has 3 N–H and O–H groups in total. The minimum absolute atomic E-state index is 0.249. The van der Waals surface area contributed by atoms with E-state index in [9.17, 15) is 19.5 Å². The topological polar surface area (TPSA) is 98.7 Å². The molecule has 3 heterocycles. The van der Waals surface area contributed by atoms with Gasteiger partial charge in [-0.05, 0) is 43.9 Å². The second-order valence-electron chi connectivity index (χ2n) is 9.17. The number of benzene rings is 2. The fourth-order valence-corrected chi connectivity index (χ4v) is 5.63. The summed E-state index contributed by atoms with van der Waals surface area (Å²) in [5, 5.41) is 16.7. The van der Waals surface area contributed by atoms with Gasteiger partial charge in [0.05, 0.1) is 17.9 Å². The number of anilines is 1. The van der Waals surface area contributed by atoms with Crippen molar-refractivity contribution in [3.05, 3.63) is 64.7 Å². The number of carbonyl (C=O) groups is 3. The van der Waals surface area contributed by atoms with E-state index in [1.54, 1.807) is 6.92 Å². The number of aliphatic hydroxyl groups is 1. The van der Waals surface area contributed by atoms with Crippen LogP contribution in [0.25, 0.3) is 0 Å². The molecular weight excluding hydrogens is 406 g/mol. The second-order valence-corrected chi connectivity index (χ2v) is 9.17. The van der Waals surface area contributed by atoms with Gasteiger partial charge in [-0.15, -0.1) is 0 Å². The molecule has 3 aliphatic rings. The van der Waals surface area contributed by atoms with Gasteiger partial charge in [-0.3, -0.25) is 24.6 Å². The number of imide groups is 1. The molecule has 32 heavy (non-hydrogen) atoms. The standard InChI is InChI=1S/C25H27N3O4/c1-13-9-10-17-20(14(13)2)26-24(32)25(17)19-18(21(27-25)15(3)29)22(30)28(23(19)31)12-11-16-7-5-4-6-8-16/h4-10,15,18-19,21,27,29H,11-12H2,1-3H3,(H,26,32)/t15-,18+,19+,21-,25-/m1/s1. The molecule has 3 amide bonds. The predicted molar refractivity (Wildman–Crippen MR) is 119 cm³/mol. The van der Waals surface area contributed by atoms with E-state index in [-0.39, 0.29) is 24.3 Å². The van der Waals surface area contributed by atoms with Gasteiger partial charge in [-0.2, -0.15) is 0 Å². The molecule has 2 aromatic carbocycles. The maximum absolute atomic E-state index is 13.7. The van der Waals surface area contributed by atoms with Crippen molar-refractivity contribution in [2.45, 2.75) is 44.9 Å². The molecule has 5 rings (SSSR count). The van der Waals surface area contributed by atoms with Crippen LogP contribution in [0.4, 0.5) is 5.69 Å². The summed E-state index contributed by atoms with van der Waals surface area (Å²) < 4.78 is 0. The number of nitrogens with zero attached hydrogens (tertiary/aromatic N) is 1. The van der Waals surface area contributed by atoms with E-state index >= 15 is 0 Å². The second kappa shape index (κ2) is 7.25. The Hall–Kier alpha value is -3.03. The summed E-state index contributed by atoms with van der Waals surface area (Å²) in [4.78, 5) is 41.8. The highest BCUT2D eigenvalue weighted by atomic mass is 16.3. The summed E-state index contributed by atoms with van der Waals surface area (Å²) in [5.41, 5.74) is 2.99. The van der Waals surface area contributed by atoms with E-state index in [1.165, 1.54) is 4.90 Å². The molecule has 166 valence electrons. The monoisotopic (exact) mass is 433 g/mol. The predicted octanol–water partition coefficient (Wildman–Crippen LogP) is 1.65. The van der Waals surface area contributed by atoms with Gasteiger partial charge in [0.25, 0.3) is 0 Å². The molecule has 2 fully saturated rings. The van der Waals surface area contributed by atoms with Crippen LogP contribution in [0.15, 0.2) is 42.5 Å². The Kier molecular flexibility index (Phi) is 4.72. The SMILES string of the molecule is Cc1ccc2c(c1C)NC(=O)[C@@]21N[C@H]([C@@H](C)O)[C@H]2C(=O)N(CCc3ccccc3)C(=O)[C@H]21. The van der Waals surface area contributed by atoms with Crippen LogP contribution in [0.2, 0.25) is 0 Å². The minimum atomic E-state index is -1.37. The average molecular weight is 434 g/mol. The molecule has 0 aromatic heterocycles. The van der Waals surface area contributed by atoms with E-state index in [1.807, 2.05) is 56.3 Å². The number of amides is 3. The van der Waals surface area contributed by atoms with Gasteiger partial charge >= 0.3 is 0 Å². The van der Waals surface area contributed by atoms with Crippen molar-refractivity contribution < 1.29 is 19.5 Å². The van der Waals surface area contributed by atoms with Crippen LogP contribution in [0, 0.1) is 25.7 Å². The van der Waals surface area contributed by atoms with Crippen molar-refractivity contribution in [2.24, 2.45) is 11.8 Å². The third-order valence-corrected chi connectivity index (χ3v) is 7.43. The first-order valence-electron chi connectivity index (χ1n) is 11.0. The number of fused-ring (bicyclic) bond motifs is 4. The summed E-state index contributed by atoms with van der Waals surface area (Å²) in [5.74, 6) is -2.71. The Morgan fingerprint density at radius 3 is 2.47 bits per heavy atom. The number of aliphatic hydroxyl groups excluding tert-OH is 1. The number of rotatable bonds is 4. The first-order chi connectivity index (χ1) is 15.3. The molecule has 7 heteroatoms. The van der Waals surface area contributed by atoms with E-state index in [0.29, 0.717) is 17.7 Å². The van der Waals surface area contributed by atoms with E-state index < -0.39 is 29.5 Å². The van der Waals surface area contributed by atoms with Crippen LogP contribution in [-0.2, 0) is 26.3 Å². The summed E-state index contributed by atoms with van der Waals surface area (Å²) >= 11 is 0. The first kappa shape index (κ1) is 20.8. The van der Waals surface area contributed by atoms with Gasteiger partial charge in [0.2, 0.25) is 17.7 Å². The Morgan fingerprint density at radius 2 is 1.78 bits per heavy atom. The lowest BCUT2D eigenvalue weighted by atomic mass is 9.76. The fourth-order valence-electron chi connectivity index (χ4n) is 5.63. The van der Waals surface area contributed by atoms with Crippen LogP contribution < -0.4 is 10.6 Å². The van der Waals surface area contributed by atoms with Gasteiger partial charge in [-0.25, -0.2) is 0 Å². The molecule has 2 aromatic rings. The smallest absolute Gasteiger partial charge is 0.250 e. The van der Waals surface area contributed by atoms with Gasteiger partial charge in [0.1, 0.15) is 5.54 Å². The Bertz CT molecular complexity index is 1130. The Balaban J connectivity index is 1.57. The molecule has 0 saturated carbocycles. The van der Waals surface area contributed by atoms with Crippen LogP contribution in [0.1, 0.15) is 29.2 Å². The third kappa shape index (κ3) is 2.71. The van der Waals surface area contributed by atoms with Crippen LogP contribution in [0.3, 0.4) is 0 Å². The molecule has 2 saturated heterocycles. The van der Waals surface area contributed by atoms with Crippen LogP contribution >= 0.6 is 0 Å². The molecule has 0 unspecified atom stereocenters. The Morgan fingerprint density at radius 1 is 1.06 bits per heavy atom. The van der Waals surface area contributed by atoms with Crippen molar-refractivity contribution >= 4 is 23.4 Å². The highest BCUT2D eigenvalue weighted by Gasteiger charge is 2.71. The van der Waals surface area contributed by atoms with Gasteiger partial charge in [0, 0.05) is 23.8 Å². The first-order valence-corrected chi connectivity index (χ1v) is 11.0. The van der Waals surface area contributed by atoms with E-state index in [2.05, 4.69) is 10.6 Å². The molecule has 5 atom stereocenters. The van der Waals surface area contributed by atoms with E-state index in [0.717, 1.165) is 16.7 Å². The summed E-state index contributed by atoms with van der Waals surface area (Å²) in [6, 6.07) is 12.8. The largest absolute Gasteiger partial charge is 0.392 e. The molecule has 7 nitrogen and oxygen atoms in total. The molecule has 0 radical (unpaired) electrons. The van der Waals surface area contributed by atoms with Crippen LogP contribution in [0.5, 0.6) is 0 Å². The van der Waals surface area contributed by atoms with Crippen molar-refractivity contribution in [2.75, 3.05) is 11.9 Å². The fraction of sp³-hybridized carbons (Fsp3) is 0.400. The van der Waals surface area contributed by atoms with Crippen molar-refractivity contribution in [3.63, 3.8) is 0 Å². The summed E-state index contributed by atoms with van der Waals surface area (Å²) in [7, 11) is 0. The quantitative estimate of drug-likeness (QED) is 0.637. The van der Waals surface area contributed by atoms with Crippen molar-refractivity contribution in [1.29, 1.82) is 0 Å². The average Bonchev–Trinajstić information content (AvgIpc) is 3.36. The zero-order valence-corrected chi connectivity index (χ0v) is 18.4. The van der Waals surface area contributed by atoms with Crippen molar-refractivity contribution in [1.82, 2.24) is 10.2 Å². The molecule has 1 spiro atoms. The highest BCUT2D eigenvalue weighted by molar-refractivity contribution is 6.15. The third-order valence-electron chi connectivity index (χ3n) is 7.43. The summed E-state index contributed by atoms with van der Waals surface area (Å²) in [6.45, 7) is 5.73. The number of likely N-dealkylation sites (tertiary alicyclic amines) is 1. The summed E-state index contributed by atoms with van der Waals surface area (Å²) in [6.07, 6.45) is -0.366. The molecule has 3 aliphatic heterocycles. The molecule has 0 aliphatic carbocycles. The number of hydrogen-bond donors (Lipinski definition) is 3. The number of aryl methyl sites for hydroxylation is 1. The highest BCUT2D eigenvalue weighted by Crippen LogP contribution is 2.54. The van der Waals surface area contributed by atoms with Gasteiger partial charge < -0.3 is 10.4 Å². The molecular formula is C25H27N3O4. The lowest BCUT2D eigenvalue weighted by molar-refractivity contribution is -0.143. The molecule has 0 bridgehead atoms. The lowest BCUT2D eigenvalue weighted by Crippen LogP contribution is -2.55. The van der Waals surface area contributed by atoms with Crippen LogP contribution in [-0.4, -0.2) is 46.4 Å². The number of nitrogens with one attached hydrogen (secondary N) is 2. The number of carbonyl (C=O) groups excluding carboxylic acids is 3. The van der Waals surface area contributed by atoms with Gasteiger partial charge in [0.15, 0.2) is 0 Å². The number of hydrogen-bond acceptors (Lipinski definition) is 5. The Labute approximate surface area is 186 Å². The lowest BCUT2D eigenvalue weighted by Gasteiger charge is -2.30.